The third kappa shape index (κ3) is 5.44. The van der Waals surface area contributed by atoms with Gasteiger partial charge in [-0.05, 0) is 0 Å². The fourth-order valence-corrected chi connectivity index (χ4v) is 30.2. The van der Waals surface area contributed by atoms with Gasteiger partial charge in [0, 0.05) is 0 Å². The van der Waals surface area contributed by atoms with Crippen molar-refractivity contribution in [1.29, 1.82) is 0 Å². The molecule has 0 nitrogen and oxygen atoms in total. The second-order valence-corrected chi connectivity index (χ2v) is 45.1. The molecule has 0 aliphatic heterocycles. The fraction of sp³-hybridized carbons (Fsp3) is 0.0769. The van der Waals surface area contributed by atoms with Crippen molar-refractivity contribution in [3.8, 4) is 22.3 Å². The summed E-state index contributed by atoms with van der Waals surface area (Å²) in [6.45, 7) is 2.98. The van der Waals surface area contributed by atoms with Crippen molar-refractivity contribution in [2.45, 2.75) is 21.5 Å². The molecule has 0 bridgehead atoms. The molecule has 0 spiro atoms. The third-order valence-corrected chi connectivity index (χ3v) is 47.8. The molecule has 0 saturated carbocycles. The van der Waals surface area contributed by atoms with Crippen molar-refractivity contribution in [1.82, 2.24) is 0 Å². The van der Waals surface area contributed by atoms with Crippen molar-refractivity contribution in [3.05, 3.63) is 215 Å². The number of fused-ring (bicyclic) bond motifs is 4. The molecule has 8 aromatic rings. The average molecular weight is 813 g/mol. The quantitative estimate of drug-likeness (QED) is 0.141. The van der Waals surface area contributed by atoms with Crippen LogP contribution in [0.25, 0.3) is 67.1 Å². The predicted octanol–water partition coefficient (Wildman–Crippen LogP) is 15.2. The SMILES string of the molecule is C[SiH](C)[Ti]([Cl])([Cl])([CH]1C(c2ccccc2)=Cc2c(-c3cccc4ccccc34)cccc21)[CH]1C(c2ccccc2)=Cc2c(-c3cccc4ccccc34)cccc21. The molecule has 0 radical (unpaired) electrons. The van der Waals surface area contributed by atoms with Crippen molar-refractivity contribution < 1.29 is 12.4 Å². The Morgan fingerprint density at radius 2 is 0.750 bits per heavy atom. The second kappa shape index (κ2) is 13.7. The van der Waals surface area contributed by atoms with E-state index >= 15 is 0 Å². The van der Waals surface area contributed by atoms with E-state index in [-0.39, 0.29) is 8.45 Å². The van der Waals surface area contributed by atoms with Gasteiger partial charge in [-0.25, -0.2) is 0 Å². The molecular formula is C52H41Cl2SiTi. The van der Waals surface area contributed by atoms with Crippen molar-refractivity contribution in [2.24, 2.45) is 0 Å². The van der Waals surface area contributed by atoms with Crippen LogP contribution in [0.2, 0.25) is 13.1 Å². The topological polar surface area (TPSA) is 0 Å². The molecule has 2 unspecified atom stereocenters. The number of hydrogen-bond acceptors (Lipinski definition) is 0. The molecule has 56 heavy (non-hydrogen) atoms. The molecule has 0 aromatic heterocycles. The summed E-state index contributed by atoms with van der Waals surface area (Å²) in [5.74, 6) is 0. The number of halogens is 2. The summed E-state index contributed by atoms with van der Waals surface area (Å²) < 4.78 is -0.253. The fourth-order valence-electron chi connectivity index (χ4n) is 9.98. The van der Waals surface area contributed by atoms with Crippen LogP contribution in [0.15, 0.2) is 182 Å². The molecule has 2 atom stereocenters. The van der Waals surface area contributed by atoms with Gasteiger partial charge in [-0.2, -0.15) is 0 Å². The molecule has 2 aliphatic carbocycles. The van der Waals surface area contributed by atoms with E-state index in [1.54, 1.807) is 0 Å². The van der Waals surface area contributed by atoms with Gasteiger partial charge < -0.3 is 0 Å². The maximum atomic E-state index is 9.01. The number of rotatable bonds is 7. The zero-order valence-corrected chi connectivity index (χ0v) is 35.7. The minimum atomic E-state index is -4.95. The van der Waals surface area contributed by atoms with Gasteiger partial charge in [0.05, 0.1) is 0 Å². The van der Waals surface area contributed by atoms with E-state index in [4.69, 9.17) is 18.6 Å². The number of benzene rings is 8. The van der Waals surface area contributed by atoms with E-state index < -0.39 is 19.1 Å². The van der Waals surface area contributed by atoms with E-state index in [0.29, 0.717) is 0 Å². The molecule has 10 rings (SSSR count). The molecule has 0 heterocycles. The maximum absolute atomic E-state index is 9.01. The summed E-state index contributed by atoms with van der Waals surface area (Å²) >= 11 is -4.95. The molecule has 0 N–H and O–H groups in total. The third-order valence-electron chi connectivity index (χ3n) is 12.7. The van der Waals surface area contributed by atoms with Crippen LogP contribution in [0, 0.1) is 0 Å². The van der Waals surface area contributed by atoms with Crippen LogP contribution in [-0.2, 0) is 12.4 Å². The van der Waals surface area contributed by atoms with Crippen molar-refractivity contribution in [2.75, 3.05) is 0 Å². The van der Waals surface area contributed by atoms with E-state index in [0.717, 1.165) is 0 Å². The predicted molar refractivity (Wildman–Crippen MR) is 243 cm³/mol. The summed E-state index contributed by atoms with van der Waals surface area (Å²) in [6.07, 6.45) is 4.90. The Bertz CT molecular complexity index is 2690. The van der Waals surface area contributed by atoms with Crippen molar-refractivity contribution in [3.63, 3.8) is 0 Å². The summed E-state index contributed by atoms with van der Waals surface area (Å²) in [5, 5.41) is 4.97. The number of hydrogen-bond donors (Lipinski definition) is 0. The summed E-state index contributed by atoms with van der Waals surface area (Å²) in [4.78, 5) is 0. The first-order valence-corrected chi connectivity index (χ1v) is 31.4. The molecular weight excluding hydrogens is 771 g/mol. The standard InChI is InChI=1S/2C25H17.C2H7Si.2ClH.Ti/c2*1-2-8-18(9-3-1)21-16-20-12-7-15-24(25(20)17-21)23-14-6-11-19-10-4-5-13-22(19)23;1-3-2;;;/h2*1-17H;3H,1-2H3;2*1H;/q;;;;;+2/p-2. The summed E-state index contributed by atoms with van der Waals surface area (Å²) in [7, 11) is 18.0. The van der Waals surface area contributed by atoms with Crippen LogP contribution in [0.3, 0.4) is 0 Å². The zero-order chi connectivity index (χ0) is 38.0. The van der Waals surface area contributed by atoms with Crippen LogP contribution >= 0.6 is 18.6 Å². The van der Waals surface area contributed by atoms with Crippen LogP contribution < -0.4 is 0 Å². The van der Waals surface area contributed by atoms with E-state index in [2.05, 4.69) is 207 Å². The van der Waals surface area contributed by atoms with Crippen LogP contribution in [0.1, 0.15) is 41.8 Å². The molecule has 0 amide bonds. The average Bonchev–Trinajstić information content (AvgIpc) is 3.85. The Balaban J connectivity index is 1.26. The van der Waals surface area contributed by atoms with Crippen LogP contribution in [0.4, 0.5) is 0 Å². The minimum absolute atomic E-state index is 0.126. The molecule has 0 saturated heterocycles. The molecule has 271 valence electrons. The first-order valence-electron chi connectivity index (χ1n) is 19.7. The first kappa shape index (κ1) is 35.7. The first-order chi connectivity index (χ1) is 27.3. The van der Waals surface area contributed by atoms with Crippen molar-refractivity contribution >= 4 is 70.1 Å². The van der Waals surface area contributed by atoms with Gasteiger partial charge >= 0.3 is 342 Å². The second-order valence-electron chi connectivity index (χ2n) is 15.8. The number of allylic oxidation sites excluding steroid dienone is 2. The van der Waals surface area contributed by atoms with Gasteiger partial charge in [0.1, 0.15) is 0 Å². The Morgan fingerprint density at radius 3 is 1.18 bits per heavy atom. The van der Waals surface area contributed by atoms with Gasteiger partial charge in [0.15, 0.2) is 0 Å². The van der Waals surface area contributed by atoms with E-state index in [9.17, 15) is 0 Å². The van der Waals surface area contributed by atoms with E-state index in [1.165, 1.54) is 88.3 Å². The molecule has 4 heteroatoms. The van der Waals surface area contributed by atoms with Gasteiger partial charge in [-0.1, -0.05) is 0 Å². The van der Waals surface area contributed by atoms with Gasteiger partial charge in [-0.3, -0.25) is 0 Å². The Kier molecular flexibility index (Phi) is 8.75. The Morgan fingerprint density at radius 1 is 0.393 bits per heavy atom. The van der Waals surface area contributed by atoms with Gasteiger partial charge in [0.25, 0.3) is 0 Å². The Hall–Kier alpha value is -4.73. The monoisotopic (exact) mass is 811 g/mol. The van der Waals surface area contributed by atoms with Crippen LogP contribution in [0.5, 0.6) is 0 Å². The summed E-state index contributed by atoms with van der Waals surface area (Å²) in [5.41, 5.74) is 14.8. The summed E-state index contributed by atoms with van der Waals surface area (Å²) in [6, 6.07) is 66.2. The molecule has 2 aliphatic rings. The normalized spacial score (nSPS) is 17.0. The van der Waals surface area contributed by atoms with Gasteiger partial charge in [-0.15, -0.1) is 0 Å². The van der Waals surface area contributed by atoms with E-state index in [1.807, 2.05) is 0 Å². The van der Waals surface area contributed by atoms with Gasteiger partial charge in [0.2, 0.25) is 0 Å². The van der Waals surface area contributed by atoms with Crippen LogP contribution in [-0.4, -0.2) is 6.66 Å². The Labute approximate surface area is 339 Å². The molecule has 0 fully saturated rings. The zero-order valence-electron chi connectivity index (χ0n) is 31.5. The molecule has 8 aromatic carbocycles.